The van der Waals surface area contributed by atoms with Gasteiger partial charge >= 0.3 is 0 Å². The Labute approximate surface area is 160 Å². The molecule has 28 heavy (non-hydrogen) atoms. The van der Waals surface area contributed by atoms with Gasteiger partial charge in [-0.05, 0) is 23.6 Å². The second-order valence-corrected chi connectivity index (χ2v) is 7.00. The van der Waals surface area contributed by atoms with Crippen LogP contribution in [0, 0.1) is 17.6 Å². The fraction of sp³-hybridized carbons (Fsp3) is 0.300. The van der Waals surface area contributed by atoms with Crippen molar-refractivity contribution in [3.63, 3.8) is 0 Å². The molecule has 2 heterocycles. The lowest BCUT2D eigenvalue weighted by atomic mass is 10.0. The van der Waals surface area contributed by atoms with Crippen LogP contribution in [-0.4, -0.2) is 22.3 Å². The second-order valence-electron chi connectivity index (χ2n) is 7.00. The fourth-order valence-electron chi connectivity index (χ4n) is 3.34. The van der Waals surface area contributed by atoms with Gasteiger partial charge in [0.15, 0.2) is 23.1 Å². The van der Waals surface area contributed by atoms with Gasteiger partial charge in [0.2, 0.25) is 12.7 Å². The Kier molecular flexibility index (Phi) is 4.62. The molecule has 0 unspecified atom stereocenters. The monoisotopic (exact) mass is 387 g/mol. The summed E-state index contributed by atoms with van der Waals surface area (Å²) in [6, 6.07) is 6.94. The van der Waals surface area contributed by atoms with Crippen LogP contribution in [0.4, 0.5) is 8.78 Å². The number of carbonyl (C=O) groups is 1. The molecular weight excluding hydrogens is 368 g/mol. The van der Waals surface area contributed by atoms with E-state index in [9.17, 15) is 13.6 Å². The van der Waals surface area contributed by atoms with Crippen LogP contribution in [0.3, 0.4) is 0 Å². The number of aromatic nitrogens is 2. The largest absolute Gasteiger partial charge is 0.454 e. The summed E-state index contributed by atoms with van der Waals surface area (Å²) in [5.74, 6) is -0.956. The van der Waals surface area contributed by atoms with Gasteiger partial charge in [0, 0.05) is 18.7 Å². The Morgan fingerprint density at radius 3 is 2.71 bits per heavy atom. The predicted octanol–water partition coefficient (Wildman–Crippen LogP) is 3.56. The Bertz CT molecular complexity index is 1050. The molecule has 4 rings (SSSR count). The molecule has 1 aliphatic rings. The first-order valence-corrected chi connectivity index (χ1v) is 8.92. The van der Waals surface area contributed by atoms with Gasteiger partial charge < -0.3 is 19.4 Å². The van der Waals surface area contributed by atoms with E-state index in [2.05, 4.69) is 10.3 Å². The highest BCUT2D eigenvalue weighted by Crippen LogP contribution is 2.32. The summed E-state index contributed by atoms with van der Waals surface area (Å²) in [7, 11) is 0. The molecule has 0 spiro atoms. The van der Waals surface area contributed by atoms with Gasteiger partial charge in [0.25, 0.3) is 0 Å². The zero-order valence-electron chi connectivity index (χ0n) is 15.4. The number of hydrogen-bond donors (Lipinski definition) is 1. The van der Waals surface area contributed by atoms with Crippen molar-refractivity contribution in [2.75, 3.05) is 6.79 Å². The fourth-order valence-corrected chi connectivity index (χ4v) is 3.34. The molecule has 8 heteroatoms. The summed E-state index contributed by atoms with van der Waals surface area (Å²) >= 11 is 0. The third-order valence-corrected chi connectivity index (χ3v) is 4.72. The smallest absolute Gasteiger partial charge is 0.243 e. The van der Waals surface area contributed by atoms with Gasteiger partial charge in [-0.3, -0.25) is 4.79 Å². The number of ether oxygens (including phenoxy) is 2. The van der Waals surface area contributed by atoms with Crippen molar-refractivity contribution in [1.82, 2.24) is 14.9 Å². The number of halogens is 2. The van der Waals surface area contributed by atoms with Crippen LogP contribution in [0.2, 0.25) is 0 Å². The van der Waals surface area contributed by atoms with E-state index in [0.717, 1.165) is 17.7 Å². The van der Waals surface area contributed by atoms with E-state index in [-0.39, 0.29) is 18.6 Å². The zero-order chi connectivity index (χ0) is 19.8. The van der Waals surface area contributed by atoms with Gasteiger partial charge in [-0.25, -0.2) is 13.8 Å². The van der Waals surface area contributed by atoms with Crippen molar-refractivity contribution in [3.8, 4) is 11.5 Å². The van der Waals surface area contributed by atoms with Crippen molar-refractivity contribution in [2.45, 2.75) is 26.4 Å². The molecule has 3 aromatic rings. The van der Waals surface area contributed by atoms with Crippen LogP contribution in [0.5, 0.6) is 11.5 Å². The van der Waals surface area contributed by atoms with Crippen LogP contribution in [0.15, 0.2) is 36.7 Å². The van der Waals surface area contributed by atoms with Crippen molar-refractivity contribution in [1.29, 1.82) is 0 Å². The molecule has 1 aromatic heterocycles. The van der Waals surface area contributed by atoms with E-state index < -0.39 is 17.7 Å². The van der Waals surface area contributed by atoms with Crippen LogP contribution in [-0.2, 0) is 11.3 Å². The quantitative estimate of drug-likeness (QED) is 0.727. The minimum Gasteiger partial charge on any atom is -0.454 e. The van der Waals surface area contributed by atoms with Gasteiger partial charge in [-0.15, -0.1) is 0 Å². The molecule has 146 valence electrons. The molecule has 0 saturated carbocycles. The van der Waals surface area contributed by atoms with Crippen LogP contribution in [0.1, 0.15) is 25.5 Å². The summed E-state index contributed by atoms with van der Waals surface area (Å²) < 4.78 is 39.4. The molecule has 6 nitrogen and oxygen atoms in total. The lowest BCUT2D eigenvalue weighted by Crippen LogP contribution is -2.34. The number of hydrogen-bond acceptors (Lipinski definition) is 4. The van der Waals surface area contributed by atoms with Gasteiger partial charge in [-0.1, -0.05) is 19.9 Å². The third-order valence-electron chi connectivity index (χ3n) is 4.72. The van der Waals surface area contributed by atoms with Crippen molar-refractivity contribution in [2.24, 2.45) is 5.92 Å². The Morgan fingerprint density at radius 1 is 1.18 bits per heavy atom. The first-order chi connectivity index (χ1) is 13.4. The first kappa shape index (κ1) is 18.2. The SMILES string of the molecule is CC(C)[C@H](C(=O)NCc1ccc2c(c1)OCO2)n1cnc2cc(F)c(F)cc21. The number of benzene rings is 2. The number of carbonyl (C=O) groups excluding carboxylic acids is 1. The number of rotatable bonds is 5. The van der Waals surface area contributed by atoms with E-state index in [1.807, 2.05) is 26.0 Å². The summed E-state index contributed by atoms with van der Waals surface area (Å²) in [4.78, 5) is 17.0. The minimum absolute atomic E-state index is 0.0951. The topological polar surface area (TPSA) is 65.4 Å². The molecule has 1 N–H and O–H groups in total. The number of nitrogens with one attached hydrogen (secondary N) is 1. The highest BCUT2D eigenvalue weighted by molar-refractivity contribution is 5.84. The maximum atomic E-state index is 13.7. The highest BCUT2D eigenvalue weighted by Gasteiger charge is 2.26. The second kappa shape index (κ2) is 7.10. The Morgan fingerprint density at radius 2 is 1.93 bits per heavy atom. The molecule has 0 aliphatic carbocycles. The highest BCUT2D eigenvalue weighted by atomic mass is 19.2. The Hall–Kier alpha value is -3.16. The molecule has 1 atom stereocenters. The van der Waals surface area contributed by atoms with E-state index in [1.165, 1.54) is 6.33 Å². The lowest BCUT2D eigenvalue weighted by molar-refractivity contribution is -0.125. The molecule has 0 fully saturated rings. The predicted molar refractivity (Wildman–Crippen MR) is 97.9 cm³/mol. The van der Waals surface area contributed by atoms with Gasteiger partial charge in [0.1, 0.15) is 6.04 Å². The van der Waals surface area contributed by atoms with Crippen molar-refractivity contribution in [3.05, 3.63) is 53.9 Å². The average molecular weight is 387 g/mol. The van der Waals surface area contributed by atoms with Crippen molar-refractivity contribution < 1.29 is 23.0 Å². The molecular formula is C20H19F2N3O3. The van der Waals surface area contributed by atoms with Crippen LogP contribution >= 0.6 is 0 Å². The average Bonchev–Trinajstić information content (AvgIpc) is 3.27. The number of nitrogens with zero attached hydrogens (tertiary/aromatic N) is 2. The zero-order valence-corrected chi connectivity index (χ0v) is 15.4. The van der Waals surface area contributed by atoms with E-state index in [1.54, 1.807) is 10.6 Å². The lowest BCUT2D eigenvalue weighted by Gasteiger charge is -2.22. The summed E-state index contributed by atoms with van der Waals surface area (Å²) in [5.41, 5.74) is 1.53. The molecule has 1 amide bonds. The standard InChI is InChI=1S/C20H19F2N3O3/c1-11(2)19(25-9-24-15-6-13(21)14(22)7-16(15)25)20(26)23-8-12-3-4-17-18(5-12)28-10-27-17/h3-7,9,11,19H,8,10H2,1-2H3,(H,23,26)/t19-/m1/s1. The van der Waals surface area contributed by atoms with Crippen molar-refractivity contribution >= 4 is 16.9 Å². The number of amides is 1. The first-order valence-electron chi connectivity index (χ1n) is 8.92. The van der Waals surface area contributed by atoms with Crippen LogP contribution < -0.4 is 14.8 Å². The van der Waals surface area contributed by atoms with Gasteiger partial charge in [-0.2, -0.15) is 0 Å². The summed E-state index contributed by atoms with van der Waals surface area (Å²) in [6.07, 6.45) is 1.44. The summed E-state index contributed by atoms with van der Waals surface area (Å²) in [5, 5.41) is 2.90. The van der Waals surface area contributed by atoms with Crippen LogP contribution in [0.25, 0.3) is 11.0 Å². The maximum absolute atomic E-state index is 13.7. The maximum Gasteiger partial charge on any atom is 0.243 e. The third kappa shape index (κ3) is 3.26. The normalized spacial score (nSPS) is 13.9. The minimum atomic E-state index is -0.975. The van der Waals surface area contributed by atoms with E-state index in [0.29, 0.717) is 29.1 Å². The molecule has 2 aromatic carbocycles. The molecule has 1 aliphatic heterocycles. The van der Waals surface area contributed by atoms with Gasteiger partial charge in [0.05, 0.1) is 17.4 Å². The number of imidazole rings is 1. The molecule has 0 bridgehead atoms. The number of fused-ring (bicyclic) bond motifs is 2. The molecule has 0 radical (unpaired) electrons. The Balaban J connectivity index is 1.56. The van der Waals surface area contributed by atoms with E-state index in [4.69, 9.17) is 9.47 Å². The molecule has 0 saturated heterocycles. The van der Waals surface area contributed by atoms with E-state index >= 15 is 0 Å². The summed E-state index contributed by atoms with van der Waals surface area (Å²) in [6.45, 7) is 4.26.